The Balaban J connectivity index is 1.24. The van der Waals surface area contributed by atoms with Crippen molar-refractivity contribution in [3.63, 3.8) is 0 Å². The van der Waals surface area contributed by atoms with Gasteiger partial charge >= 0.3 is 0 Å². The van der Waals surface area contributed by atoms with Crippen LogP contribution in [0.5, 0.6) is 5.75 Å². The Bertz CT molecular complexity index is 1390. The van der Waals surface area contributed by atoms with Gasteiger partial charge in [-0.15, -0.1) is 11.3 Å². The van der Waals surface area contributed by atoms with Crippen molar-refractivity contribution in [3.05, 3.63) is 94.3 Å². The van der Waals surface area contributed by atoms with Gasteiger partial charge in [0.2, 0.25) is 0 Å². The number of thiophene rings is 1. The molecule has 3 heterocycles. The highest BCUT2D eigenvalue weighted by atomic mass is 32.1. The molecule has 0 spiro atoms. The van der Waals surface area contributed by atoms with Crippen molar-refractivity contribution >= 4 is 29.1 Å². The SMILES string of the molecule is COc1ccc(CN2C(=O)c3ccc(C(=O)NCCc4[nH]cnc4-c4cccs4)cc3C2=O)cc1. The van der Waals surface area contributed by atoms with Gasteiger partial charge in [0, 0.05) is 24.2 Å². The van der Waals surface area contributed by atoms with Crippen LogP contribution in [-0.2, 0) is 13.0 Å². The Labute approximate surface area is 205 Å². The summed E-state index contributed by atoms with van der Waals surface area (Å²) in [7, 11) is 1.58. The monoisotopic (exact) mass is 486 g/mol. The van der Waals surface area contributed by atoms with Gasteiger partial charge < -0.3 is 15.0 Å². The van der Waals surface area contributed by atoms with Gasteiger partial charge in [0.1, 0.15) is 11.4 Å². The van der Waals surface area contributed by atoms with Crippen LogP contribution in [0, 0.1) is 0 Å². The van der Waals surface area contributed by atoms with E-state index in [4.69, 9.17) is 4.74 Å². The van der Waals surface area contributed by atoms with Crippen molar-refractivity contribution in [1.82, 2.24) is 20.2 Å². The fourth-order valence-electron chi connectivity index (χ4n) is 4.03. The highest BCUT2D eigenvalue weighted by molar-refractivity contribution is 7.13. The number of imide groups is 1. The highest BCUT2D eigenvalue weighted by Gasteiger charge is 2.36. The molecule has 8 nitrogen and oxygen atoms in total. The lowest BCUT2D eigenvalue weighted by Gasteiger charge is -2.14. The molecule has 2 aromatic heterocycles. The average molecular weight is 487 g/mol. The van der Waals surface area contributed by atoms with Gasteiger partial charge in [-0.2, -0.15) is 0 Å². The van der Waals surface area contributed by atoms with Crippen LogP contribution < -0.4 is 10.1 Å². The van der Waals surface area contributed by atoms with E-state index in [-0.39, 0.29) is 23.9 Å². The lowest BCUT2D eigenvalue weighted by atomic mass is 10.1. The number of nitrogens with one attached hydrogen (secondary N) is 2. The molecule has 1 aliphatic rings. The predicted octanol–water partition coefficient (Wildman–Crippen LogP) is 3.92. The molecule has 0 aliphatic carbocycles. The minimum atomic E-state index is -0.409. The number of nitrogens with zero attached hydrogens (tertiary/aromatic N) is 2. The number of ether oxygens (including phenoxy) is 1. The quantitative estimate of drug-likeness (QED) is 0.368. The summed E-state index contributed by atoms with van der Waals surface area (Å²) >= 11 is 1.61. The number of aromatic amines is 1. The third-order valence-corrected chi connectivity index (χ3v) is 6.74. The van der Waals surface area contributed by atoms with E-state index in [1.807, 2.05) is 29.6 Å². The molecule has 176 valence electrons. The summed E-state index contributed by atoms with van der Waals surface area (Å²) in [5.41, 5.74) is 3.51. The maximum absolute atomic E-state index is 13.0. The van der Waals surface area contributed by atoms with Crippen LogP contribution in [-0.4, -0.2) is 46.2 Å². The molecule has 2 aromatic carbocycles. The van der Waals surface area contributed by atoms with Gasteiger partial charge in [0.05, 0.1) is 36.0 Å². The van der Waals surface area contributed by atoms with Gasteiger partial charge in [-0.25, -0.2) is 4.98 Å². The summed E-state index contributed by atoms with van der Waals surface area (Å²) in [5, 5.41) is 4.88. The molecule has 5 rings (SSSR count). The number of aromatic nitrogens is 2. The molecule has 35 heavy (non-hydrogen) atoms. The number of amides is 3. The average Bonchev–Trinajstić information content (AvgIpc) is 3.62. The highest BCUT2D eigenvalue weighted by Crippen LogP contribution is 2.27. The number of rotatable bonds is 8. The first-order valence-electron chi connectivity index (χ1n) is 11.0. The van der Waals surface area contributed by atoms with Crippen LogP contribution in [0.2, 0.25) is 0 Å². The van der Waals surface area contributed by atoms with Crippen molar-refractivity contribution < 1.29 is 19.1 Å². The molecule has 1 aliphatic heterocycles. The van der Waals surface area contributed by atoms with E-state index in [1.165, 1.54) is 11.0 Å². The van der Waals surface area contributed by atoms with E-state index in [0.29, 0.717) is 29.8 Å². The number of benzene rings is 2. The lowest BCUT2D eigenvalue weighted by molar-refractivity contribution is 0.0642. The normalized spacial score (nSPS) is 12.7. The lowest BCUT2D eigenvalue weighted by Crippen LogP contribution is -2.29. The molecule has 2 N–H and O–H groups in total. The fourth-order valence-corrected chi connectivity index (χ4v) is 4.78. The predicted molar refractivity (Wildman–Crippen MR) is 132 cm³/mol. The number of hydrogen-bond acceptors (Lipinski definition) is 6. The molecule has 0 atom stereocenters. The van der Waals surface area contributed by atoms with Crippen LogP contribution in [0.1, 0.15) is 42.3 Å². The second-order valence-electron chi connectivity index (χ2n) is 8.02. The molecule has 0 unspecified atom stereocenters. The minimum Gasteiger partial charge on any atom is -0.497 e. The Morgan fingerprint density at radius 3 is 2.63 bits per heavy atom. The molecule has 0 fully saturated rings. The second kappa shape index (κ2) is 9.55. The maximum Gasteiger partial charge on any atom is 0.261 e. The standard InChI is InChI=1S/C26H22N4O4S/c1-34-18-7-4-16(5-8-18)14-30-25(32)19-9-6-17(13-20(19)26(30)33)24(31)27-11-10-21-23(29-15-28-21)22-3-2-12-35-22/h2-9,12-13,15H,10-11,14H2,1H3,(H,27,31)(H,28,29). The van der Waals surface area contributed by atoms with Gasteiger partial charge in [-0.1, -0.05) is 18.2 Å². The molecular weight excluding hydrogens is 464 g/mol. The summed E-state index contributed by atoms with van der Waals surface area (Å²) < 4.78 is 5.15. The molecule has 4 aromatic rings. The summed E-state index contributed by atoms with van der Waals surface area (Å²) in [6.07, 6.45) is 2.23. The smallest absolute Gasteiger partial charge is 0.261 e. The van der Waals surface area contributed by atoms with Crippen LogP contribution in [0.15, 0.2) is 66.3 Å². The maximum atomic E-state index is 13.0. The topological polar surface area (TPSA) is 104 Å². The number of carbonyl (C=O) groups excluding carboxylic acids is 3. The number of carbonyl (C=O) groups is 3. The van der Waals surface area contributed by atoms with E-state index < -0.39 is 5.91 Å². The van der Waals surface area contributed by atoms with Crippen molar-refractivity contribution in [2.75, 3.05) is 13.7 Å². The van der Waals surface area contributed by atoms with E-state index in [1.54, 1.807) is 49.0 Å². The Kier molecular flexibility index (Phi) is 6.15. The number of H-pyrrole nitrogens is 1. The Morgan fingerprint density at radius 2 is 1.89 bits per heavy atom. The van der Waals surface area contributed by atoms with Gasteiger partial charge in [0.25, 0.3) is 17.7 Å². The van der Waals surface area contributed by atoms with Crippen LogP contribution in [0.4, 0.5) is 0 Å². The zero-order chi connectivity index (χ0) is 24.4. The summed E-state index contributed by atoms with van der Waals surface area (Å²) in [6, 6.07) is 15.8. The minimum absolute atomic E-state index is 0.147. The molecule has 0 radical (unpaired) electrons. The van der Waals surface area contributed by atoms with Gasteiger partial charge in [-0.3, -0.25) is 19.3 Å². The van der Waals surface area contributed by atoms with Crippen molar-refractivity contribution in [3.8, 4) is 16.3 Å². The number of imidazole rings is 1. The number of fused-ring (bicyclic) bond motifs is 1. The first kappa shape index (κ1) is 22.5. The number of methoxy groups -OCH3 is 1. The zero-order valence-corrected chi connectivity index (χ0v) is 19.7. The Hall–Kier alpha value is -4.24. The summed E-state index contributed by atoms with van der Waals surface area (Å²) in [6.45, 7) is 0.543. The molecule has 0 saturated carbocycles. The molecule has 0 bridgehead atoms. The molecule has 0 saturated heterocycles. The number of hydrogen-bond donors (Lipinski definition) is 2. The zero-order valence-electron chi connectivity index (χ0n) is 18.9. The van der Waals surface area contributed by atoms with E-state index in [2.05, 4.69) is 15.3 Å². The van der Waals surface area contributed by atoms with E-state index in [9.17, 15) is 14.4 Å². The molecule has 9 heteroatoms. The van der Waals surface area contributed by atoms with Gasteiger partial charge in [0.15, 0.2) is 0 Å². The third-order valence-electron chi connectivity index (χ3n) is 5.87. The largest absolute Gasteiger partial charge is 0.497 e. The molecular formula is C26H22N4O4S. The second-order valence-corrected chi connectivity index (χ2v) is 8.97. The fraction of sp³-hybridized carbons (Fsp3) is 0.154. The van der Waals surface area contributed by atoms with E-state index >= 15 is 0 Å². The van der Waals surface area contributed by atoms with Crippen LogP contribution in [0.25, 0.3) is 10.6 Å². The first-order chi connectivity index (χ1) is 17.0. The molecule has 3 amide bonds. The van der Waals surface area contributed by atoms with Crippen molar-refractivity contribution in [2.45, 2.75) is 13.0 Å². The van der Waals surface area contributed by atoms with E-state index in [0.717, 1.165) is 21.8 Å². The van der Waals surface area contributed by atoms with Crippen LogP contribution >= 0.6 is 11.3 Å². The van der Waals surface area contributed by atoms with Crippen molar-refractivity contribution in [1.29, 1.82) is 0 Å². The first-order valence-corrected chi connectivity index (χ1v) is 11.9. The summed E-state index contributed by atoms with van der Waals surface area (Å²) in [4.78, 5) is 48.3. The third kappa shape index (κ3) is 4.45. The van der Waals surface area contributed by atoms with Gasteiger partial charge in [-0.05, 0) is 47.3 Å². The van der Waals surface area contributed by atoms with Crippen molar-refractivity contribution in [2.24, 2.45) is 0 Å². The Morgan fingerprint density at radius 1 is 1.09 bits per heavy atom. The summed E-state index contributed by atoms with van der Waals surface area (Å²) in [5.74, 6) is -0.387. The van der Waals surface area contributed by atoms with Crippen LogP contribution in [0.3, 0.4) is 0 Å².